The normalized spacial score (nSPS) is 21.6. The number of benzene rings is 1. The molecule has 1 aromatic carbocycles. The molecule has 4 rings (SSSR count). The van der Waals surface area contributed by atoms with E-state index in [4.69, 9.17) is 4.74 Å². The molecule has 1 saturated carbocycles. The van der Waals surface area contributed by atoms with Crippen LogP contribution in [0.1, 0.15) is 29.8 Å². The maximum atomic E-state index is 12.5. The Morgan fingerprint density at radius 3 is 2.64 bits per heavy atom. The second kappa shape index (κ2) is 7.84. The summed E-state index contributed by atoms with van der Waals surface area (Å²) in [6, 6.07) is 9.53. The number of nitrogens with one attached hydrogen (secondary N) is 2. The van der Waals surface area contributed by atoms with Crippen molar-refractivity contribution in [2.45, 2.75) is 31.3 Å². The van der Waals surface area contributed by atoms with Crippen molar-refractivity contribution in [1.82, 2.24) is 20.5 Å². The van der Waals surface area contributed by atoms with Crippen molar-refractivity contribution >= 4 is 28.7 Å². The molecule has 0 unspecified atom stereocenters. The van der Waals surface area contributed by atoms with Crippen LogP contribution in [0.3, 0.4) is 0 Å². The second-order valence-electron chi connectivity index (χ2n) is 7.20. The summed E-state index contributed by atoms with van der Waals surface area (Å²) in [6.07, 6.45) is 3.48. The summed E-state index contributed by atoms with van der Waals surface area (Å²) in [5.74, 6) is -0.408. The molecule has 0 bridgehead atoms. The molecule has 1 aliphatic heterocycles. The van der Waals surface area contributed by atoms with Crippen LogP contribution in [0.25, 0.3) is 10.8 Å². The average molecular weight is 382 g/mol. The molecule has 2 N–H and O–H groups in total. The number of pyridine rings is 1. The number of hydrogen-bond donors (Lipinski definition) is 2. The Morgan fingerprint density at radius 1 is 1.14 bits per heavy atom. The molecule has 8 heteroatoms. The van der Waals surface area contributed by atoms with Gasteiger partial charge in [-0.05, 0) is 30.7 Å². The zero-order valence-electron chi connectivity index (χ0n) is 15.4. The number of fused-ring (bicyclic) bond motifs is 1. The third-order valence-corrected chi connectivity index (χ3v) is 5.18. The van der Waals surface area contributed by atoms with E-state index in [9.17, 15) is 14.4 Å². The summed E-state index contributed by atoms with van der Waals surface area (Å²) in [5, 5.41) is 7.91. The quantitative estimate of drug-likeness (QED) is 0.815. The van der Waals surface area contributed by atoms with Crippen molar-refractivity contribution in [3.05, 3.63) is 42.2 Å². The Kier molecular flexibility index (Phi) is 5.10. The van der Waals surface area contributed by atoms with E-state index < -0.39 is 6.09 Å². The Balaban J connectivity index is 1.28. The Hall–Kier alpha value is -3.16. The molecule has 2 aliphatic rings. The summed E-state index contributed by atoms with van der Waals surface area (Å²) in [5.41, 5.74) is 0.388. The first-order valence-corrected chi connectivity index (χ1v) is 9.45. The van der Waals surface area contributed by atoms with Crippen LogP contribution in [-0.2, 0) is 9.53 Å². The van der Waals surface area contributed by atoms with Gasteiger partial charge in [-0.3, -0.25) is 19.5 Å². The topological polar surface area (TPSA) is 101 Å². The lowest BCUT2D eigenvalue weighted by Crippen LogP contribution is -2.42. The van der Waals surface area contributed by atoms with Crippen molar-refractivity contribution in [3.8, 4) is 0 Å². The van der Waals surface area contributed by atoms with Gasteiger partial charge >= 0.3 is 6.09 Å². The fourth-order valence-electron chi connectivity index (χ4n) is 3.73. The van der Waals surface area contributed by atoms with Gasteiger partial charge in [-0.25, -0.2) is 4.79 Å². The van der Waals surface area contributed by atoms with Crippen molar-refractivity contribution in [2.75, 3.05) is 19.7 Å². The summed E-state index contributed by atoms with van der Waals surface area (Å²) in [7, 11) is 0. The highest BCUT2D eigenvalue weighted by molar-refractivity contribution is 5.96. The monoisotopic (exact) mass is 382 g/mol. The molecule has 3 amide bonds. The van der Waals surface area contributed by atoms with Crippen LogP contribution in [0.2, 0.25) is 0 Å². The van der Waals surface area contributed by atoms with E-state index in [1.165, 1.54) is 4.90 Å². The Bertz CT molecular complexity index is 916. The molecule has 0 spiro atoms. The molecular weight excluding hydrogens is 360 g/mol. The zero-order valence-corrected chi connectivity index (χ0v) is 15.4. The van der Waals surface area contributed by atoms with Crippen LogP contribution in [0.5, 0.6) is 0 Å². The number of aromatic nitrogens is 1. The minimum atomic E-state index is -0.449. The number of carbonyl (C=O) groups excluding carboxylic acids is 3. The number of cyclic esters (lactones) is 1. The van der Waals surface area contributed by atoms with Gasteiger partial charge in [0, 0.05) is 23.7 Å². The molecule has 2 aromatic rings. The SMILES string of the molecule is O=C(CN1CCOC1=O)N[C@@H]1CC[C@H](NC(=O)c2cc3ccccc3cn2)C1. The highest BCUT2D eigenvalue weighted by Crippen LogP contribution is 2.20. The van der Waals surface area contributed by atoms with Gasteiger partial charge in [0.05, 0.1) is 6.54 Å². The van der Waals surface area contributed by atoms with Gasteiger partial charge in [-0.2, -0.15) is 0 Å². The summed E-state index contributed by atoms with van der Waals surface area (Å²) < 4.78 is 4.82. The van der Waals surface area contributed by atoms with Gasteiger partial charge < -0.3 is 15.4 Å². The predicted octanol–water partition coefficient (Wildman–Crippen LogP) is 1.45. The van der Waals surface area contributed by atoms with Gasteiger partial charge in [0.1, 0.15) is 18.8 Å². The van der Waals surface area contributed by atoms with E-state index in [0.29, 0.717) is 25.3 Å². The van der Waals surface area contributed by atoms with Crippen LogP contribution in [0.4, 0.5) is 4.79 Å². The molecule has 28 heavy (non-hydrogen) atoms. The fourth-order valence-corrected chi connectivity index (χ4v) is 3.73. The lowest BCUT2D eigenvalue weighted by molar-refractivity contribution is -0.122. The molecule has 1 saturated heterocycles. The Morgan fingerprint density at radius 2 is 1.89 bits per heavy atom. The van der Waals surface area contributed by atoms with Gasteiger partial charge in [-0.15, -0.1) is 0 Å². The number of amides is 3. The van der Waals surface area contributed by atoms with Gasteiger partial charge in [0.2, 0.25) is 5.91 Å². The lowest BCUT2D eigenvalue weighted by atomic mass is 10.1. The van der Waals surface area contributed by atoms with E-state index in [1.54, 1.807) is 12.3 Å². The third kappa shape index (κ3) is 4.05. The fraction of sp³-hybridized carbons (Fsp3) is 0.400. The van der Waals surface area contributed by atoms with E-state index in [0.717, 1.165) is 23.6 Å². The van der Waals surface area contributed by atoms with Crippen LogP contribution in [0, 0.1) is 0 Å². The molecule has 8 nitrogen and oxygen atoms in total. The summed E-state index contributed by atoms with van der Waals surface area (Å²) in [4.78, 5) is 41.7. The first-order valence-electron chi connectivity index (χ1n) is 9.45. The minimum absolute atomic E-state index is 0.00731. The largest absolute Gasteiger partial charge is 0.448 e. The van der Waals surface area contributed by atoms with E-state index >= 15 is 0 Å². The van der Waals surface area contributed by atoms with Crippen molar-refractivity contribution in [2.24, 2.45) is 0 Å². The molecule has 2 atom stereocenters. The standard InChI is InChI=1S/C20H22N4O4/c25-18(12-24-7-8-28-20(24)27)22-15-5-6-16(10-15)23-19(26)17-9-13-3-1-2-4-14(13)11-21-17/h1-4,9,11,15-16H,5-8,10,12H2,(H,22,25)(H,23,26)/t15-,16+/m1/s1. The molecular formula is C20H22N4O4. The van der Waals surface area contributed by atoms with E-state index in [1.807, 2.05) is 24.3 Å². The number of nitrogens with zero attached hydrogens (tertiary/aromatic N) is 2. The van der Waals surface area contributed by atoms with Crippen LogP contribution in [-0.4, -0.2) is 59.6 Å². The Labute approximate surface area is 162 Å². The van der Waals surface area contributed by atoms with Gasteiger partial charge in [0.15, 0.2) is 0 Å². The molecule has 2 fully saturated rings. The number of carbonyl (C=O) groups is 3. The first-order chi connectivity index (χ1) is 13.6. The summed E-state index contributed by atoms with van der Waals surface area (Å²) >= 11 is 0. The van der Waals surface area contributed by atoms with Crippen LogP contribution >= 0.6 is 0 Å². The van der Waals surface area contributed by atoms with E-state index in [-0.39, 0.29) is 30.4 Å². The number of rotatable bonds is 5. The number of ether oxygens (including phenoxy) is 1. The lowest BCUT2D eigenvalue weighted by Gasteiger charge is -2.17. The molecule has 0 radical (unpaired) electrons. The van der Waals surface area contributed by atoms with E-state index in [2.05, 4.69) is 15.6 Å². The molecule has 2 heterocycles. The van der Waals surface area contributed by atoms with Gasteiger partial charge in [0.25, 0.3) is 5.91 Å². The highest BCUT2D eigenvalue weighted by atomic mass is 16.6. The smallest absolute Gasteiger partial charge is 0.410 e. The van der Waals surface area contributed by atoms with Crippen molar-refractivity contribution in [1.29, 1.82) is 0 Å². The zero-order chi connectivity index (χ0) is 19.5. The van der Waals surface area contributed by atoms with Crippen LogP contribution < -0.4 is 10.6 Å². The molecule has 146 valence electrons. The second-order valence-corrected chi connectivity index (χ2v) is 7.20. The third-order valence-electron chi connectivity index (χ3n) is 5.18. The molecule has 1 aliphatic carbocycles. The first kappa shape index (κ1) is 18.2. The average Bonchev–Trinajstić information content (AvgIpc) is 3.30. The number of hydrogen-bond acceptors (Lipinski definition) is 5. The van der Waals surface area contributed by atoms with Crippen molar-refractivity contribution in [3.63, 3.8) is 0 Å². The minimum Gasteiger partial charge on any atom is -0.448 e. The molecule has 1 aromatic heterocycles. The van der Waals surface area contributed by atoms with Crippen LogP contribution in [0.15, 0.2) is 36.5 Å². The van der Waals surface area contributed by atoms with Gasteiger partial charge in [-0.1, -0.05) is 24.3 Å². The summed E-state index contributed by atoms with van der Waals surface area (Å²) in [6.45, 7) is 0.772. The maximum absolute atomic E-state index is 12.5. The maximum Gasteiger partial charge on any atom is 0.410 e. The predicted molar refractivity (Wildman–Crippen MR) is 102 cm³/mol. The highest BCUT2D eigenvalue weighted by Gasteiger charge is 2.29. The van der Waals surface area contributed by atoms with Crippen molar-refractivity contribution < 1.29 is 19.1 Å².